The Kier molecular flexibility index (Phi) is 5.50. The fourth-order valence-corrected chi connectivity index (χ4v) is 4.53. The highest BCUT2D eigenvalue weighted by molar-refractivity contribution is 9.10. The first-order valence-corrected chi connectivity index (χ1v) is 10.5. The summed E-state index contributed by atoms with van der Waals surface area (Å²) in [5.41, 5.74) is 0.967. The summed E-state index contributed by atoms with van der Waals surface area (Å²) in [7, 11) is 3.14. The molecular weight excluding hydrogens is 436 g/mol. The van der Waals surface area contributed by atoms with E-state index in [2.05, 4.69) is 15.9 Å². The van der Waals surface area contributed by atoms with Gasteiger partial charge in [-0.05, 0) is 48.7 Å². The van der Waals surface area contributed by atoms with Crippen molar-refractivity contribution in [2.24, 2.45) is 0 Å². The van der Waals surface area contributed by atoms with Crippen molar-refractivity contribution in [1.82, 2.24) is 9.13 Å². The van der Waals surface area contributed by atoms with Crippen LogP contribution in [0.4, 0.5) is 0 Å². The van der Waals surface area contributed by atoms with Crippen LogP contribution in [-0.4, -0.2) is 23.4 Å². The fraction of sp³-hybridized carbons (Fsp3) is 0.364. The van der Waals surface area contributed by atoms with Crippen LogP contribution in [0.2, 0.25) is 0 Å². The second kappa shape index (κ2) is 8.06. The van der Waals surface area contributed by atoms with E-state index in [1.165, 1.54) is 4.57 Å². The SMILES string of the molecule is COc1ccc(Cn2c(=O)c3cc(Br)ccc3n(C3CCCC3)c2=O)cc1OC. The molecule has 2 aromatic carbocycles. The zero-order chi connectivity index (χ0) is 20.5. The van der Waals surface area contributed by atoms with Crippen molar-refractivity contribution in [1.29, 1.82) is 0 Å². The first-order valence-electron chi connectivity index (χ1n) is 9.69. The maximum absolute atomic E-state index is 13.4. The number of ether oxygens (including phenoxy) is 2. The molecule has 1 fully saturated rings. The lowest BCUT2D eigenvalue weighted by Crippen LogP contribution is -2.41. The van der Waals surface area contributed by atoms with Crippen LogP contribution in [-0.2, 0) is 6.54 Å². The number of hydrogen-bond donors (Lipinski definition) is 0. The van der Waals surface area contributed by atoms with Crippen molar-refractivity contribution in [3.8, 4) is 11.5 Å². The number of rotatable bonds is 5. The van der Waals surface area contributed by atoms with Gasteiger partial charge in [0.25, 0.3) is 5.56 Å². The van der Waals surface area contributed by atoms with Gasteiger partial charge >= 0.3 is 5.69 Å². The molecule has 4 rings (SSSR count). The second-order valence-corrected chi connectivity index (χ2v) is 8.25. The summed E-state index contributed by atoms with van der Waals surface area (Å²) >= 11 is 3.45. The number of nitrogens with zero attached hydrogens (tertiary/aromatic N) is 2. The molecule has 0 amide bonds. The van der Waals surface area contributed by atoms with Gasteiger partial charge in [-0.1, -0.05) is 34.8 Å². The molecule has 0 saturated heterocycles. The van der Waals surface area contributed by atoms with Gasteiger partial charge in [-0.15, -0.1) is 0 Å². The molecule has 0 N–H and O–H groups in total. The van der Waals surface area contributed by atoms with Crippen LogP contribution in [0.1, 0.15) is 37.3 Å². The molecule has 1 heterocycles. The molecule has 0 radical (unpaired) electrons. The van der Waals surface area contributed by atoms with Gasteiger partial charge in [-0.3, -0.25) is 13.9 Å². The number of hydrogen-bond acceptors (Lipinski definition) is 4. The Morgan fingerprint density at radius 3 is 2.41 bits per heavy atom. The minimum Gasteiger partial charge on any atom is -0.493 e. The zero-order valence-electron chi connectivity index (χ0n) is 16.5. The first-order chi connectivity index (χ1) is 14.0. The standard InChI is InChI=1S/C22H23BrN2O4/c1-28-19-10-7-14(11-20(19)29-2)13-24-21(26)17-12-15(23)8-9-18(17)25(22(24)27)16-5-3-4-6-16/h7-12,16H,3-6,13H2,1-2H3. The quantitative estimate of drug-likeness (QED) is 0.577. The number of methoxy groups -OCH3 is 2. The summed E-state index contributed by atoms with van der Waals surface area (Å²) in [4.78, 5) is 26.6. The Morgan fingerprint density at radius 2 is 1.72 bits per heavy atom. The van der Waals surface area contributed by atoms with Crippen molar-refractivity contribution in [3.05, 3.63) is 67.3 Å². The maximum Gasteiger partial charge on any atom is 0.332 e. The molecule has 6 nitrogen and oxygen atoms in total. The second-order valence-electron chi connectivity index (χ2n) is 7.33. The molecule has 29 heavy (non-hydrogen) atoms. The molecule has 1 aromatic heterocycles. The summed E-state index contributed by atoms with van der Waals surface area (Å²) < 4.78 is 14.6. The van der Waals surface area contributed by atoms with E-state index >= 15 is 0 Å². The van der Waals surface area contributed by atoms with Gasteiger partial charge in [0.2, 0.25) is 0 Å². The normalized spacial score (nSPS) is 14.4. The minimum atomic E-state index is -0.282. The Hall–Kier alpha value is -2.54. The van der Waals surface area contributed by atoms with Crippen molar-refractivity contribution in [2.75, 3.05) is 14.2 Å². The highest BCUT2D eigenvalue weighted by Gasteiger charge is 2.23. The average Bonchev–Trinajstić information content (AvgIpc) is 3.26. The summed E-state index contributed by atoms with van der Waals surface area (Å²) in [6, 6.07) is 11.1. The summed E-state index contributed by atoms with van der Waals surface area (Å²) in [6.45, 7) is 0.174. The van der Waals surface area contributed by atoms with E-state index in [1.54, 1.807) is 32.4 Å². The van der Waals surface area contributed by atoms with Crippen LogP contribution in [0.25, 0.3) is 10.9 Å². The third kappa shape index (κ3) is 3.59. The van der Waals surface area contributed by atoms with Crippen molar-refractivity contribution >= 4 is 26.8 Å². The molecule has 7 heteroatoms. The van der Waals surface area contributed by atoms with E-state index in [4.69, 9.17) is 9.47 Å². The Balaban J connectivity index is 1.90. The number of benzene rings is 2. The summed E-state index contributed by atoms with van der Waals surface area (Å²) in [6.07, 6.45) is 4.12. The molecule has 3 aromatic rings. The lowest BCUT2D eigenvalue weighted by atomic mass is 10.1. The van der Waals surface area contributed by atoms with E-state index in [0.717, 1.165) is 35.7 Å². The van der Waals surface area contributed by atoms with Crippen LogP contribution in [0.15, 0.2) is 50.5 Å². The van der Waals surface area contributed by atoms with Crippen LogP contribution in [0.5, 0.6) is 11.5 Å². The van der Waals surface area contributed by atoms with E-state index in [1.807, 2.05) is 22.8 Å². The molecule has 0 aliphatic heterocycles. The minimum absolute atomic E-state index is 0.128. The lowest BCUT2D eigenvalue weighted by molar-refractivity contribution is 0.354. The molecule has 1 aliphatic carbocycles. The first kappa shape index (κ1) is 19.8. The van der Waals surface area contributed by atoms with Gasteiger partial charge in [-0.25, -0.2) is 4.79 Å². The molecule has 1 saturated carbocycles. The highest BCUT2D eigenvalue weighted by Crippen LogP contribution is 2.31. The van der Waals surface area contributed by atoms with Gasteiger partial charge in [0.05, 0.1) is 31.7 Å². The van der Waals surface area contributed by atoms with Gasteiger partial charge in [0.1, 0.15) is 0 Å². The number of aromatic nitrogens is 2. The van der Waals surface area contributed by atoms with Crippen LogP contribution < -0.4 is 20.7 Å². The molecule has 0 unspecified atom stereocenters. The lowest BCUT2D eigenvalue weighted by Gasteiger charge is -2.19. The van der Waals surface area contributed by atoms with Gasteiger partial charge in [0.15, 0.2) is 11.5 Å². The van der Waals surface area contributed by atoms with E-state index in [-0.39, 0.29) is 23.8 Å². The molecule has 0 spiro atoms. The Morgan fingerprint density at radius 1 is 1.00 bits per heavy atom. The molecule has 1 aliphatic rings. The van der Waals surface area contributed by atoms with Gasteiger partial charge < -0.3 is 9.47 Å². The largest absolute Gasteiger partial charge is 0.493 e. The van der Waals surface area contributed by atoms with Crippen LogP contribution in [0.3, 0.4) is 0 Å². The van der Waals surface area contributed by atoms with Gasteiger partial charge in [0, 0.05) is 10.5 Å². The topological polar surface area (TPSA) is 62.5 Å². The molecule has 152 valence electrons. The monoisotopic (exact) mass is 458 g/mol. The van der Waals surface area contributed by atoms with Gasteiger partial charge in [-0.2, -0.15) is 0 Å². The Bertz CT molecular complexity index is 1180. The zero-order valence-corrected chi connectivity index (χ0v) is 18.1. The average molecular weight is 459 g/mol. The van der Waals surface area contributed by atoms with E-state index < -0.39 is 0 Å². The predicted molar refractivity (Wildman–Crippen MR) is 116 cm³/mol. The molecule has 0 atom stereocenters. The van der Waals surface area contributed by atoms with Crippen molar-refractivity contribution in [3.63, 3.8) is 0 Å². The third-order valence-electron chi connectivity index (χ3n) is 5.61. The smallest absolute Gasteiger partial charge is 0.332 e. The maximum atomic E-state index is 13.4. The number of fused-ring (bicyclic) bond motifs is 1. The van der Waals surface area contributed by atoms with Crippen molar-refractivity contribution < 1.29 is 9.47 Å². The Labute approximate surface area is 176 Å². The number of halogens is 1. The third-order valence-corrected chi connectivity index (χ3v) is 6.10. The summed E-state index contributed by atoms with van der Waals surface area (Å²) in [5.74, 6) is 1.17. The predicted octanol–water partition coefficient (Wildman–Crippen LogP) is 4.11. The molecular formula is C22H23BrN2O4. The summed E-state index contributed by atoms with van der Waals surface area (Å²) in [5, 5.41) is 0.548. The van der Waals surface area contributed by atoms with Crippen LogP contribution in [0, 0.1) is 0 Å². The van der Waals surface area contributed by atoms with E-state index in [9.17, 15) is 9.59 Å². The highest BCUT2D eigenvalue weighted by atomic mass is 79.9. The van der Waals surface area contributed by atoms with Crippen LogP contribution >= 0.6 is 15.9 Å². The van der Waals surface area contributed by atoms with Crippen molar-refractivity contribution in [2.45, 2.75) is 38.3 Å². The molecule has 0 bridgehead atoms. The fourth-order valence-electron chi connectivity index (χ4n) is 4.17. The van der Waals surface area contributed by atoms with E-state index in [0.29, 0.717) is 22.4 Å².